The monoisotopic (exact) mass is 317 g/mol. The number of aliphatic carboxylic acids is 1. The van der Waals surface area contributed by atoms with Crippen LogP contribution in [0.15, 0.2) is 24.3 Å². The summed E-state index contributed by atoms with van der Waals surface area (Å²) in [6.45, 7) is -0.134. The third kappa shape index (κ3) is 4.85. The van der Waals surface area contributed by atoms with E-state index in [1.165, 1.54) is 19.3 Å². The standard InChI is InChI=1S/C13H13Cl2NO4/c1-20-11(13(18)19)7-16-12(17)6-5-8-9(14)3-2-4-10(8)15/h2-6,11H,7H2,1H3,(H,16,17)(H,18,19)/b6-5+. The zero-order valence-corrected chi connectivity index (χ0v) is 12.1. The van der Waals surface area contributed by atoms with E-state index in [0.29, 0.717) is 15.6 Å². The Morgan fingerprint density at radius 2 is 2.00 bits per heavy atom. The Hall–Kier alpha value is -1.56. The summed E-state index contributed by atoms with van der Waals surface area (Å²) >= 11 is 11.9. The van der Waals surface area contributed by atoms with Gasteiger partial charge in [-0.25, -0.2) is 4.79 Å². The first-order valence-electron chi connectivity index (χ1n) is 5.61. The van der Waals surface area contributed by atoms with Crippen LogP contribution in [0.25, 0.3) is 6.08 Å². The number of nitrogens with one attached hydrogen (secondary N) is 1. The highest BCUT2D eigenvalue weighted by Crippen LogP contribution is 2.25. The molecule has 0 aliphatic rings. The van der Waals surface area contributed by atoms with Crippen LogP contribution in [0.3, 0.4) is 0 Å². The molecule has 1 atom stereocenters. The summed E-state index contributed by atoms with van der Waals surface area (Å²) in [7, 11) is 1.25. The summed E-state index contributed by atoms with van der Waals surface area (Å²) in [6, 6.07) is 4.99. The number of methoxy groups -OCH3 is 1. The first-order chi connectivity index (χ1) is 9.45. The predicted octanol–water partition coefficient (Wildman–Crippen LogP) is 2.22. The molecule has 0 aliphatic heterocycles. The molecule has 1 amide bonds. The van der Waals surface area contributed by atoms with Crippen molar-refractivity contribution in [3.63, 3.8) is 0 Å². The third-order valence-corrected chi connectivity index (χ3v) is 3.08. The molecule has 0 radical (unpaired) electrons. The molecule has 0 saturated heterocycles. The van der Waals surface area contributed by atoms with E-state index in [9.17, 15) is 9.59 Å². The van der Waals surface area contributed by atoms with Gasteiger partial charge in [0, 0.05) is 28.8 Å². The van der Waals surface area contributed by atoms with Crippen LogP contribution in [0.5, 0.6) is 0 Å². The first-order valence-corrected chi connectivity index (χ1v) is 6.36. The van der Waals surface area contributed by atoms with Gasteiger partial charge >= 0.3 is 5.97 Å². The van der Waals surface area contributed by atoms with Crippen molar-refractivity contribution < 1.29 is 19.4 Å². The molecule has 1 aromatic rings. The van der Waals surface area contributed by atoms with Gasteiger partial charge in [-0.05, 0) is 18.2 Å². The fourth-order valence-corrected chi connectivity index (χ4v) is 1.88. The van der Waals surface area contributed by atoms with E-state index in [1.807, 2.05) is 0 Å². The summed E-state index contributed by atoms with van der Waals surface area (Å²) in [6.07, 6.45) is 1.60. The lowest BCUT2D eigenvalue weighted by molar-refractivity contribution is -0.148. The Kier molecular flexibility index (Phi) is 6.51. The number of carboxylic acid groups (broad SMARTS) is 1. The van der Waals surface area contributed by atoms with E-state index in [0.717, 1.165) is 0 Å². The second-order valence-electron chi connectivity index (χ2n) is 3.78. The van der Waals surface area contributed by atoms with Crippen molar-refractivity contribution in [1.82, 2.24) is 5.32 Å². The number of carbonyl (C=O) groups is 2. The Morgan fingerprint density at radius 3 is 2.50 bits per heavy atom. The fourth-order valence-electron chi connectivity index (χ4n) is 1.35. The number of hydrogen-bond acceptors (Lipinski definition) is 3. The van der Waals surface area contributed by atoms with Crippen LogP contribution in [-0.4, -0.2) is 36.7 Å². The quantitative estimate of drug-likeness (QED) is 0.789. The van der Waals surface area contributed by atoms with Crippen LogP contribution in [0.4, 0.5) is 0 Å². The summed E-state index contributed by atoms with van der Waals surface area (Å²) in [5, 5.41) is 12.0. The Balaban J connectivity index is 2.62. The lowest BCUT2D eigenvalue weighted by atomic mass is 10.2. The van der Waals surface area contributed by atoms with E-state index in [-0.39, 0.29) is 6.54 Å². The van der Waals surface area contributed by atoms with Gasteiger partial charge in [0.05, 0.1) is 6.54 Å². The number of ether oxygens (including phenoxy) is 1. The fraction of sp³-hybridized carbons (Fsp3) is 0.231. The molecule has 108 valence electrons. The topological polar surface area (TPSA) is 75.6 Å². The zero-order valence-electron chi connectivity index (χ0n) is 10.6. The largest absolute Gasteiger partial charge is 0.479 e. The Morgan fingerprint density at radius 1 is 1.40 bits per heavy atom. The highest BCUT2D eigenvalue weighted by molar-refractivity contribution is 6.37. The van der Waals surface area contributed by atoms with Crippen LogP contribution in [-0.2, 0) is 14.3 Å². The van der Waals surface area contributed by atoms with Gasteiger partial charge in [0.15, 0.2) is 6.10 Å². The lowest BCUT2D eigenvalue weighted by Gasteiger charge is -2.10. The number of benzene rings is 1. The predicted molar refractivity (Wildman–Crippen MR) is 76.9 cm³/mol. The van der Waals surface area contributed by atoms with Crippen LogP contribution < -0.4 is 5.32 Å². The number of carbonyl (C=O) groups excluding carboxylic acids is 1. The minimum Gasteiger partial charge on any atom is -0.479 e. The average molecular weight is 318 g/mol. The third-order valence-electron chi connectivity index (χ3n) is 2.42. The van der Waals surface area contributed by atoms with Crippen LogP contribution in [0.1, 0.15) is 5.56 Å². The summed E-state index contributed by atoms with van der Waals surface area (Å²) in [4.78, 5) is 22.2. The van der Waals surface area contributed by atoms with Gasteiger partial charge in [-0.3, -0.25) is 4.79 Å². The number of carboxylic acids is 1. The molecule has 0 fully saturated rings. The van der Waals surface area contributed by atoms with Crippen molar-refractivity contribution >= 4 is 41.2 Å². The second-order valence-corrected chi connectivity index (χ2v) is 4.59. The molecule has 7 heteroatoms. The van der Waals surface area contributed by atoms with E-state index >= 15 is 0 Å². The maximum Gasteiger partial charge on any atom is 0.334 e. The molecule has 1 unspecified atom stereocenters. The lowest BCUT2D eigenvalue weighted by Crippen LogP contribution is -2.37. The molecule has 1 rings (SSSR count). The average Bonchev–Trinajstić information content (AvgIpc) is 2.38. The molecule has 0 saturated carbocycles. The number of rotatable bonds is 6. The maximum atomic E-state index is 11.5. The van der Waals surface area contributed by atoms with Crippen LogP contribution in [0, 0.1) is 0 Å². The van der Waals surface area contributed by atoms with E-state index in [4.69, 9.17) is 28.3 Å². The SMILES string of the molecule is COC(CNC(=O)/C=C/c1c(Cl)cccc1Cl)C(=O)O. The molecule has 20 heavy (non-hydrogen) atoms. The Labute approximate surface area is 126 Å². The van der Waals surface area contributed by atoms with Gasteiger partial charge < -0.3 is 15.2 Å². The Bertz CT molecular complexity index is 511. The van der Waals surface area contributed by atoms with Crippen LogP contribution in [0.2, 0.25) is 10.0 Å². The molecule has 0 heterocycles. The van der Waals surface area contributed by atoms with Crippen molar-refractivity contribution in [3.05, 3.63) is 39.9 Å². The molecule has 0 aromatic heterocycles. The normalized spacial score (nSPS) is 12.3. The van der Waals surface area contributed by atoms with Crippen molar-refractivity contribution in [2.75, 3.05) is 13.7 Å². The van der Waals surface area contributed by atoms with Gasteiger partial charge in [-0.1, -0.05) is 29.3 Å². The van der Waals surface area contributed by atoms with Gasteiger partial charge in [-0.15, -0.1) is 0 Å². The highest BCUT2D eigenvalue weighted by atomic mass is 35.5. The van der Waals surface area contributed by atoms with Crippen molar-refractivity contribution in [2.45, 2.75) is 6.10 Å². The zero-order chi connectivity index (χ0) is 15.1. The van der Waals surface area contributed by atoms with E-state index in [2.05, 4.69) is 10.1 Å². The van der Waals surface area contributed by atoms with Gasteiger partial charge in [-0.2, -0.15) is 0 Å². The first kappa shape index (κ1) is 16.5. The minimum atomic E-state index is -1.15. The van der Waals surface area contributed by atoms with Crippen molar-refractivity contribution in [3.8, 4) is 0 Å². The molecular formula is C13H13Cl2NO4. The molecule has 0 spiro atoms. The van der Waals surface area contributed by atoms with E-state index < -0.39 is 18.0 Å². The van der Waals surface area contributed by atoms with Crippen molar-refractivity contribution in [1.29, 1.82) is 0 Å². The summed E-state index contributed by atoms with van der Waals surface area (Å²) in [5.74, 6) is -1.62. The summed E-state index contributed by atoms with van der Waals surface area (Å²) < 4.78 is 4.68. The number of hydrogen-bond donors (Lipinski definition) is 2. The van der Waals surface area contributed by atoms with Gasteiger partial charge in [0.25, 0.3) is 0 Å². The van der Waals surface area contributed by atoms with Crippen LogP contribution >= 0.6 is 23.2 Å². The number of amides is 1. The highest BCUT2D eigenvalue weighted by Gasteiger charge is 2.16. The molecule has 5 nitrogen and oxygen atoms in total. The molecular weight excluding hydrogens is 305 g/mol. The molecule has 0 bridgehead atoms. The molecule has 2 N–H and O–H groups in total. The smallest absolute Gasteiger partial charge is 0.334 e. The molecule has 0 aliphatic carbocycles. The molecule has 1 aromatic carbocycles. The van der Waals surface area contributed by atoms with Gasteiger partial charge in [0.1, 0.15) is 0 Å². The summed E-state index contributed by atoms with van der Waals surface area (Å²) in [5.41, 5.74) is 0.521. The number of halogens is 2. The van der Waals surface area contributed by atoms with E-state index in [1.54, 1.807) is 18.2 Å². The second kappa shape index (κ2) is 7.89. The van der Waals surface area contributed by atoms with Gasteiger partial charge in [0.2, 0.25) is 5.91 Å². The minimum absolute atomic E-state index is 0.134. The van der Waals surface area contributed by atoms with Crippen molar-refractivity contribution in [2.24, 2.45) is 0 Å². The maximum absolute atomic E-state index is 11.5.